The minimum Gasteiger partial charge on any atom is -0.394 e. The van der Waals surface area contributed by atoms with Crippen LogP contribution in [0, 0.1) is 5.82 Å². The van der Waals surface area contributed by atoms with Gasteiger partial charge >= 0.3 is 6.03 Å². The summed E-state index contributed by atoms with van der Waals surface area (Å²) in [7, 11) is 0. The molecule has 2 amide bonds. The van der Waals surface area contributed by atoms with E-state index in [-0.39, 0.29) is 12.6 Å². The summed E-state index contributed by atoms with van der Waals surface area (Å²) in [6, 6.07) is 5.12. The summed E-state index contributed by atoms with van der Waals surface area (Å²) in [6.45, 7) is 1.49. The predicted octanol–water partition coefficient (Wildman–Crippen LogP) is 1.51. The Morgan fingerprint density at radius 1 is 1.55 bits per heavy atom. The molecule has 106 valence electrons. The number of carbonyl (C=O) groups excluding carboxylic acids is 1. The summed E-state index contributed by atoms with van der Waals surface area (Å²) in [5.41, 5.74) is 0.616. The molecule has 0 radical (unpaired) electrons. The fourth-order valence-corrected chi connectivity index (χ4v) is 1.62. The van der Waals surface area contributed by atoms with E-state index >= 15 is 0 Å². The van der Waals surface area contributed by atoms with Crippen LogP contribution in [0.25, 0.3) is 5.69 Å². The van der Waals surface area contributed by atoms with E-state index in [0.717, 1.165) is 0 Å². The van der Waals surface area contributed by atoms with E-state index in [2.05, 4.69) is 15.7 Å². The first kappa shape index (κ1) is 14.0. The maximum Gasteiger partial charge on any atom is 0.319 e. The molecular formula is C13H15FN4O2. The Morgan fingerprint density at radius 3 is 2.95 bits per heavy atom. The van der Waals surface area contributed by atoms with Crippen LogP contribution in [-0.2, 0) is 0 Å². The first-order chi connectivity index (χ1) is 9.60. The molecule has 2 aromatic rings. The van der Waals surface area contributed by atoms with E-state index in [0.29, 0.717) is 11.4 Å². The lowest BCUT2D eigenvalue weighted by Gasteiger charge is -2.12. The fourth-order valence-electron chi connectivity index (χ4n) is 1.62. The summed E-state index contributed by atoms with van der Waals surface area (Å²) in [5.74, 6) is -0.498. The summed E-state index contributed by atoms with van der Waals surface area (Å²) >= 11 is 0. The van der Waals surface area contributed by atoms with Crippen molar-refractivity contribution in [3.05, 3.63) is 42.5 Å². The molecule has 0 aliphatic heterocycles. The average molecular weight is 278 g/mol. The largest absolute Gasteiger partial charge is 0.394 e. The third-order valence-corrected chi connectivity index (χ3v) is 2.61. The van der Waals surface area contributed by atoms with Crippen molar-refractivity contribution in [2.45, 2.75) is 13.0 Å². The standard InChI is InChI=1S/C13H15FN4O2/c1-9(8-19)16-13(20)17-10-3-4-12(11(14)7-10)18-6-2-5-15-18/h2-7,9,19H,8H2,1H3,(H2,16,17,20). The number of carbonyl (C=O) groups is 1. The van der Waals surface area contributed by atoms with Gasteiger partial charge < -0.3 is 15.7 Å². The zero-order chi connectivity index (χ0) is 14.5. The van der Waals surface area contributed by atoms with E-state index < -0.39 is 11.8 Å². The van der Waals surface area contributed by atoms with E-state index in [4.69, 9.17) is 5.11 Å². The number of amides is 2. The number of nitrogens with one attached hydrogen (secondary N) is 2. The Bertz CT molecular complexity index is 586. The van der Waals surface area contributed by atoms with Crippen molar-refractivity contribution in [3.63, 3.8) is 0 Å². The van der Waals surface area contributed by atoms with Gasteiger partial charge in [0.15, 0.2) is 5.82 Å². The van der Waals surface area contributed by atoms with Crippen LogP contribution < -0.4 is 10.6 Å². The molecule has 0 spiro atoms. The Balaban J connectivity index is 2.08. The van der Waals surface area contributed by atoms with Crippen LogP contribution in [-0.4, -0.2) is 33.6 Å². The number of aliphatic hydroxyl groups excluding tert-OH is 1. The fraction of sp³-hybridized carbons (Fsp3) is 0.231. The van der Waals surface area contributed by atoms with Gasteiger partial charge in [-0.3, -0.25) is 0 Å². The van der Waals surface area contributed by atoms with Crippen molar-refractivity contribution in [1.82, 2.24) is 15.1 Å². The number of anilines is 1. The Hall–Kier alpha value is -2.41. The third-order valence-electron chi connectivity index (χ3n) is 2.61. The van der Waals surface area contributed by atoms with E-state index in [1.165, 1.54) is 16.8 Å². The highest BCUT2D eigenvalue weighted by atomic mass is 19.1. The maximum atomic E-state index is 13.9. The molecule has 1 aromatic carbocycles. The molecule has 0 saturated heterocycles. The van der Waals surface area contributed by atoms with Gasteiger partial charge in [0, 0.05) is 18.1 Å². The molecule has 6 nitrogen and oxygen atoms in total. The molecule has 1 heterocycles. The van der Waals surface area contributed by atoms with Gasteiger partial charge in [0.1, 0.15) is 5.69 Å². The third kappa shape index (κ3) is 3.33. The van der Waals surface area contributed by atoms with E-state index in [1.807, 2.05) is 0 Å². The number of urea groups is 1. The molecule has 2 rings (SSSR count). The Kier molecular flexibility index (Phi) is 4.31. The van der Waals surface area contributed by atoms with Crippen LogP contribution in [0.1, 0.15) is 6.92 Å². The minimum absolute atomic E-state index is 0.167. The lowest BCUT2D eigenvalue weighted by Crippen LogP contribution is -2.38. The average Bonchev–Trinajstić information content (AvgIpc) is 2.92. The molecule has 3 N–H and O–H groups in total. The van der Waals surface area contributed by atoms with Gasteiger partial charge in [-0.2, -0.15) is 5.10 Å². The predicted molar refractivity (Wildman–Crippen MR) is 72.2 cm³/mol. The number of aromatic nitrogens is 2. The quantitative estimate of drug-likeness (QED) is 0.793. The number of benzene rings is 1. The lowest BCUT2D eigenvalue weighted by molar-refractivity contribution is 0.229. The normalized spacial score (nSPS) is 11.9. The van der Waals surface area contributed by atoms with Gasteiger partial charge in [-0.05, 0) is 31.2 Å². The van der Waals surface area contributed by atoms with E-state index in [9.17, 15) is 9.18 Å². The summed E-state index contributed by atoms with van der Waals surface area (Å²) in [5, 5.41) is 17.8. The van der Waals surface area contributed by atoms with Gasteiger partial charge in [0.25, 0.3) is 0 Å². The molecule has 1 aromatic heterocycles. The number of nitrogens with zero attached hydrogens (tertiary/aromatic N) is 2. The molecule has 1 atom stereocenters. The van der Waals surface area contributed by atoms with Crippen LogP contribution in [0.5, 0.6) is 0 Å². The highest BCUT2D eigenvalue weighted by molar-refractivity contribution is 5.89. The number of hydrogen-bond acceptors (Lipinski definition) is 3. The zero-order valence-electron chi connectivity index (χ0n) is 10.9. The zero-order valence-corrected chi connectivity index (χ0v) is 10.9. The molecule has 0 bridgehead atoms. The highest BCUT2D eigenvalue weighted by Crippen LogP contribution is 2.17. The SMILES string of the molecule is CC(CO)NC(=O)Nc1ccc(-n2cccn2)c(F)c1. The minimum atomic E-state index is -0.502. The van der Waals surface area contributed by atoms with Crippen molar-refractivity contribution in [1.29, 1.82) is 0 Å². The monoisotopic (exact) mass is 278 g/mol. The summed E-state index contributed by atoms with van der Waals surface area (Å²) in [4.78, 5) is 11.5. The molecular weight excluding hydrogens is 263 g/mol. The number of halogens is 1. The topological polar surface area (TPSA) is 79.2 Å². The molecule has 0 saturated carbocycles. The molecule has 1 unspecified atom stereocenters. The highest BCUT2D eigenvalue weighted by Gasteiger charge is 2.09. The van der Waals surface area contributed by atoms with Gasteiger partial charge in [0.2, 0.25) is 0 Å². The van der Waals surface area contributed by atoms with Crippen LogP contribution in [0.15, 0.2) is 36.7 Å². The number of hydrogen-bond donors (Lipinski definition) is 3. The van der Waals surface area contributed by atoms with Crippen LogP contribution in [0.4, 0.5) is 14.9 Å². The number of rotatable bonds is 4. The molecule has 7 heteroatoms. The van der Waals surface area contributed by atoms with Crippen LogP contribution in [0.2, 0.25) is 0 Å². The number of aliphatic hydroxyl groups is 1. The van der Waals surface area contributed by atoms with Crippen LogP contribution in [0.3, 0.4) is 0 Å². The molecule has 20 heavy (non-hydrogen) atoms. The Morgan fingerprint density at radius 2 is 2.35 bits per heavy atom. The summed E-state index contributed by atoms with van der Waals surface area (Å²) < 4.78 is 15.3. The second-order valence-corrected chi connectivity index (χ2v) is 4.30. The second-order valence-electron chi connectivity index (χ2n) is 4.30. The molecule has 0 fully saturated rings. The molecule has 0 aliphatic carbocycles. The van der Waals surface area contributed by atoms with Gasteiger partial charge in [-0.1, -0.05) is 0 Å². The van der Waals surface area contributed by atoms with Gasteiger partial charge in [-0.25, -0.2) is 13.9 Å². The van der Waals surface area contributed by atoms with Crippen molar-refractivity contribution < 1.29 is 14.3 Å². The van der Waals surface area contributed by atoms with Crippen LogP contribution >= 0.6 is 0 Å². The second kappa shape index (κ2) is 6.16. The van der Waals surface area contributed by atoms with Crippen molar-refractivity contribution in [2.24, 2.45) is 0 Å². The Labute approximate surface area is 115 Å². The van der Waals surface area contributed by atoms with Gasteiger partial charge in [0.05, 0.1) is 12.6 Å². The van der Waals surface area contributed by atoms with Crippen molar-refractivity contribution in [3.8, 4) is 5.69 Å². The first-order valence-corrected chi connectivity index (χ1v) is 6.08. The van der Waals surface area contributed by atoms with E-state index in [1.54, 1.807) is 31.5 Å². The van der Waals surface area contributed by atoms with Gasteiger partial charge in [-0.15, -0.1) is 0 Å². The maximum absolute atomic E-state index is 13.9. The first-order valence-electron chi connectivity index (χ1n) is 6.08. The van der Waals surface area contributed by atoms with Crippen molar-refractivity contribution in [2.75, 3.05) is 11.9 Å². The lowest BCUT2D eigenvalue weighted by atomic mass is 10.2. The smallest absolute Gasteiger partial charge is 0.319 e. The molecule has 0 aliphatic rings. The summed E-state index contributed by atoms with van der Waals surface area (Å²) in [6.07, 6.45) is 3.18. The van der Waals surface area contributed by atoms with Crippen molar-refractivity contribution >= 4 is 11.7 Å².